The van der Waals surface area contributed by atoms with Gasteiger partial charge in [0.25, 0.3) is 5.89 Å². The first-order valence-electron chi connectivity index (χ1n) is 11.4. The summed E-state index contributed by atoms with van der Waals surface area (Å²) in [4.78, 5) is 19.7. The molecule has 0 fully saturated rings. The van der Waals surface area contributed by atoms with Crippen LogP contribution < -0.4 is 15.0 Å². The van der Waals surface area contributed by atoms with E-state index in [1.807, 2.05) is 93.6 Å². The molecule has 1 unspecified atom stereocenters. The molecule has 0 saturated heterocycles. The highest BCUT2D eigenvalue weighted by atomic mass is 16.5. The fourth-order valence-corrected chi connectivity index (χ4v) is 4.22. The minimum Gasteiger partial charge on any atom is -0.497 e. The number of anilines is 1. The SMILES string of the molecule is COc1ccc(C2NC(=O)N(c3ccc(C)cc3)C(C)=C2c2nc(-c3ccc(C)cc3)no2)cc1. The molecule has 1 N–H and O–H groups in total. The number of methoxy groups -OCH3 is 1. The van der Waals surface area contributed by atoms with Gasteiger partial charge in [-0.25, -0.2) is 4.79 Å². The number of carbonyl (C=O) groups is 1. The molecule has 0 bridgehead atoms. The average molecular weight is 467 g/mol. The lowest BCUT2D eigenvalue weighted by Gasteiger charge is -2.35. The highest BCUT2D eigenvalue weighted by Gasteiger charge is 2.36. The van der Waals surface area contributed by atoms with Crippen molar-refractivity contribution in [1.82, 2.24) is 15.5 Å². The van der Waals surface area contributed by atoms with Gasteiger partial charge in [0.1, 0.15) is 5.75 Å². The first-order chi connectivity index (χ1) is 16.9. The largest absolute Gasteiger partial charge is 0.497 e. The molecule has 2 heterocycles. The number of urea groups is 1. The van der Waals surface area contributed by atoms with Crippen LogP contribution in [0.3, 0.4) is 0 Å². The first-order valence-corrected chi connectivity index (χ1v) is 11.4. The standard InChI is InChI=1S/C28H26N4O3/c1-17-5-9-21(10-6-17)26-30-27(35-31-26)24-19(3)32(22-13-7-18(2)8-14-22)28(33)29-25(24)20-11-15-23(34-4)16-12-20/h5-16,25H,1-4H3,(H,29,33). The van der Waals surface area contributed by atoms with Gasteiger partial charge in [-0.15, -0.1) is 0 Å². The van der Waals surface area contributed by atoms with Gasteiger partial charge in [0.05, 0.1) is 24.4 Å². The molecule has 0 radical (unpaired) electrons. The number of nitrogens with zero attached hydrogens (tertiary/aromatic N) is 3. The Morgan fingerprint density at radius 1 is 0.886 bits per heavy atom. The minimum atomic E-state index is -0.471. The van der Waals surface area contributed by atoms with Crippen molar-refractivity contribution in [3.63, 3.8) is 0 Å². The maximum Gasteiger partial charge on any atom is 0.326 e. The summed E-state index contributed by atoms with van der Waals surface area (Å²) in [5, 5.41) is 7.37. The second-order valence-electron chi connectivity index (χ2n) is 8.61. The Kier molecular flexibility index (Phi) is 5.82. The van der Waals surface area contributed by atoms with Crippen LogP contribution >= 0.6 is 0 Å². The van der Waals surface area contributed by atoms with E-state index >= 15 is 0 Å². The van der Waals surface area contributed by atoms with Crippen LogP contribution in [-0.2, 0) is 0 Å². The van der Waals surface area contributed by atoms with E-state index in [0.717, 1.165) is 45.0 Å². The summed E-state index contributed by atoms with van der Waals surface area (Å²) in [5.74, 6) is 1.59. The van der Waals surface area contributed by atoms with Crippen LogP contribution in [0.4, 0.5) is 10.5 Å². The van der Waals surface area contributed by atoms with Gasteiger partial charge in [-0.05, 0) is 50.6 Å². The van der Waals surface area contributed by atoms with Gasteiger partial charge in [-0.3, -0.25) is 4.90 Å². The lowest BCUT2D eigenvalue weighted by Crippen LogP contribution is -2.46. The molecule has 2 amide bonds. The van der Waals surface area contributed by atoms with Gasteiger partial charge in [-0.2, -0.15) is 4.98 Å². The Morgan fingerprint density at radius 3 is 2.14 bits per heavy atom. The Hall–Kier alpha value is -4.39. The maximum absolute atomic E-state index is 13.3. The summed E-state index contributed by atoms with van der Waals surface area (Å²) >= 11 is 0. The number of benzene rings is 3. The normalized spacial score (nSPS) is 15.8. The smallest absolute Gasteiger partial charge is 0.326 e. The third-order valence-electron chi connectivity index (χ3n) is 6.19. The molecule has 1 aliphatic heterocycles. The van der Waals surface area contributed by atoms with Crippen LogP contribution in [0.15, 0.2) is 83.0 Å². The highest BCUT2D eigenvalue weighted by Crippen LogP contribution is 2.39. The number of hydrogen-bond acceptors (Lipinski definition) is 5. The van der Waals surface area contributed by atoms with Crippen LogP contribution in [0.2, 0.25) is 0 Å². The van der Waals surface area contributed by atoms with Gasteiger partial charge in [-0.1, -0.05) is 64.8 Å². The molecule has 7 heteroatoms. The fraction of sp³-hybridized carbons (Fsp3) is 0.179. The summed E-state index contributed by atoms with van der Waals surface area (Å²) in [7, 11) is 1.62. The van der Waals surface area contributed by atoms with Crippen molar-refractivity contribution in [2.24, 2.45) is 0 Å². The number of allylic oxidation sites excluding steroid dienone is 1. The van der Waals surface area contributed by atoms with Crippen LogP contribution in [-0.4, -0.2) is 23.3 Å². The maximum atomic E-state index is 13.3. The molecule has 1 aliphatic rings. The number of amides is 2. The van der Waals surface area contributed by atoms with E-state index in [9.17, 15) is 4.79 Å². The van der Waals surface area contributed by atoms with Crippen LogP contribution in [0.5, 0.6) is 5.75 Å². The van der Waals surface area contributed by atoms with Gasteiger partial charge < -0.3 is 14.6 Å². The third kappa shape index (κ3) is 4.28. The van der Waals surface area contributed by atoms with E-state index in [-0.39, 0.29) is 6.03 Å². The summed E-state index contributed by atoms with van der Waals surface area (Å²) in [6.07, 6.45) is 0. The molecule has 0 aliphatic carbocycles. The van der Waals surface area contributed by atoms with Crippen molar-refractivity contribution in [1.29, 1.82) is 0 Å². The molecule has 1 aromatic heterocycles. The number of rotatable bonds is 5. The molecule has 7 nitrogen and oxygen atoms in total. The van der Waals surface area contributed by atoms with Crippen molar-refractivity contribution < 1.29 is 14.1 Å². The third-order valence-corrected chi connectivity index (χ3v) is 6.19. The molecule has 5 rings (SSSR count). The van der Waals surface area contributed by atoms with E-state index in [1.54, 1.807) is 12.0 Å². The van der Waals surface area contributed by atoms with E-state index in [2.05, 4.69) is 10.5 Å². The second-order valence-corrected chi connectivity index (χ2v) is 8.61. The van der Waals surface area contributed by atoms with Gasteiger partial charge >= 0.3 is 6.03 Å². The van der Waals surface area contributed by atoms with Crippen LogP contribution in [0.1, 0.15) is 35.5 Å². The number of hydrogen-bond donors (Lipinski definition) is 1. The molecule has 176 valence electrons. The number of ether oxygens (including phenoxy) is 1. The average Bonchev–Trinajstić information content (AvgIpc) is 3.35. The molecule has 0 saturated carbocycles. The molecule has 0 spiro atoms. The first kappa shape index (κ1) is 22.4. The quantitative estimate of drug-likeness (QED) is 0.386. The molecular weight excluding hydrogens is 440 g/mol. The number of nitrogens with one attached hydrogen (secondary N) is 1. The summed E-state index contributed by atoms with van der Waals surface area (Å²) in [6, 6.07) is 22.7. The van der Waals surface area contributed by atoms with Crippen molar-refractivity contribution in [3.8, 4) is 17.1 Å². The van der Waals surface area contributed by atoms with E-state index in [4.69, 9.17) is 14.2 Å². The van der Waals surface area contributed by atoms with Crippen LogP contribution in [0, 0.1) is 13.8 Å². The zero-order valence-corrected chi connectivity index (χ0v) is 20.1. The Morgan fingerprint density at radius 2 is 1.51 bits per heavy atom. The number of carbonyl (C=O) groups excluding carboxylic acids is 1. The molecule has 1 atom stereocenters. The van der Waals surface area contributed by atoms with E-state index in [0.29, 0.717) is 11.7 Å². The van der Waals surface area contributed by atoms with Crippen molar-refractivity contribution >= 4 is 17.3 Å². The zero-order chi connectivity index (χ0) is 24.5. The monoisotopic (exact) mass is 466 g/mol. The van der Waals surface area contributed by atoms with Crippen LogP contribution in [0.25, 0.3) is 17.0 Å². The highest BCUT2D eigenvalue weighted by molar-refractivity contribution is 6.01. The topological polar surface area (TPSA) is 80.5 Å². The predicted molar refractivity (Wildman–Crippen MR) is 135 cm³/mol. The predicted octanol–water partition coefficient (Wildman–Crippen LogP) is 6.06. The Balaban J connectivity index is 1.63. The molecule has 3 aromatic carbocycles. The van der Waals surface area contributed by atoms with E-state index < -0.39 is 6.04 Å². The van der Waals surface area contributed by atoms with Crippen molar-refractivity contribution in [2.45, 2.75) is 26.8 Å². The van der Waals surface area contributed by atoms with Crippen molar-refractivity contribution in [2.75, 3.05) is 12.0 Å². The molecule has 35 heavy (non-hydrogen) atoms. The van der Waals surface area contributed by atoms with Gasteiger partial charge in [0.2, 0.25) is 5.82 Å². The summed E-state index contributed by atoms with van der Waals surface area (Å²) < 4.78 is 11.1. The van der Waals surface area contributed by atoms with Gasteiger partial charge in [0.15, 0.2) is 0 Å². The summed E-state index contributed by atoms with van der Waals surface area (Å²) in [6.45, 7) is 5.95. The fourth-order valence-electron chi connectivity index (χ4n) is 4.22. The molecule has 4 aromatic rings. The number of aromatic nitrogens is 2. The lowest BCUT2D eigenvalue weighted by atomic mass is 9.94. The zero-order valence-electron chi connectivity index (χ0n) is 20.1. The number of aryl methyl sites for hydroxylation is 2. The Bertz CT molecular complexity index is 1390. The lowest BCUT2D eigenvalue weighted by molar-refractivity contribution is 0.244. The van der Waals surface area contributed by atoms with E-state index in [1.165, 1.54) is 0 Å². The minimum absolute atomic E-state index is 0.228. The molecular formula is C28H26N4O3. The Labute approximate surface area is 204 Å². The summed E-state index contributed by atoms with van der Waals surface area (Å²) in [5.41, 5.74) is 6.23. The van der Waals surface area contributed by atoms with Crippen molar-refractivity contribution in [3.05, 3.63) is 101 Å². The van der Waals surface area contributed by atoms with Gasteiger partial charge in [0, 0.05) is 11.3 Å². The second kappa shape index (κ2) is 9.10.